The van der Waals surface area contributed by atoms with Crippen molar-refractivity contribution in [2.75, 3.05) is 12.4 Å². The Kier molecular flexibility index (Phi) is 7.39. The molecule has 0 saturated heterocycles. The van der Waals surface area contributed by atoms with Crippen LogP contribution in [0.3, 0.4) is 0 Å². The van der Waals surface area contributed by atoms with Gasteiger partial charge in [-0.1, -0.05) is 121 Å². The molecular weight excluding hydrogens is 522 g/mol. The molecule has 2 heterocycles. The molecule has 0 saturated carbocycles. The molecule has 0 radical (unpaired) electrons. The van der Waals surface area contributed by atoms with Crippen molar-refractivity contribution in [1.29, 1.82) is 0 Å². The minimum absolute atomic E-state index is 0.178. The van der Waals surface area contributed by atoms with E-state index in [0.29, 0.717) is 11.7 Å². The van der Waals surface area contributed by atoms with E-state index in [9.17, 15) is 4.79 Å². The fourth-order valence-electron chi connectivity index (χ4n) is 5.54. The molecule has 42 heavy (non-hydrogen) atoms. The molecule has 0 aliphatic rings. The lowest BCUT2D eigenvalue weighted by atomic mass is 9.77. The van der Waals surface area contributed by atoms with Crippen LogP contribution in [0.2, 0.25) is 0 Å². The summed E-state index contributed by atoms with van der Waals surface area (Å²) in [4.78, 5) is 17.6. The van der Waals surface area contributed by atoms with Gasteiger partial charge in [0.1, 0.15) is 11.4 Å². The first kappa shape index (κ1) is 26.8. The summed E-state index contributed by atoms with van der Waals surface area (Å²) in [5.41, 5.74) is 3.98. The van der Waals surface area contributed by atoms with Gasteiger partial charge >= 0.3 is 6.03 Å². The average molecular weight is 554 g/mol. The second-order valence-corrected chi connectivity index (χ2v) is 10.0. The Hall–Kier alpha value is -5.43. The number of nitrogens with zero attached hydrogens (tertiary/aromatic N) is 3. The van der Waals surface area contributed by atoms with Crippen LogP contribution in [0.5, 0.6) is 5.88 Å². The smallest absolute Gasteiger partial charge is 0.320 e. The standard InChI is InChI=1S/C35H31N5O2/c1-25(26-15-7-3-8-16-26)37-34(41)38-32-23-31-30(24-36-32)33(42-2)39-40(31)35(27-17-9-4-10-18-27,28-19-11-5-12-20-28)29-21-13-6-14-22-29/h3-25H,1-2H3,(H2,36,37,38,41). The number of fused-ring (bicyclic) bond motifs is 1. The second kappa shape index (κ2) is 11.6. The highest BCUT2D eigenvalue weighted by atomic mass is 16.5. The monoisotopic (exact) mass is 553 g/mol. The van der Waals surface area contributed by atoms with E-state index in [1.54, 1.807) is 13.3 Å². The number of benzene rings is 4. The highest BCUT2D eigenvalue weighted by Crippen LogP contribution is 2.43. The number of anilines is 1. The predicted octanol–water partition coefficient (Wildman–Crippen LogP) is 7.16. The number of aromatic nitrogens is 3. The van der Waals surface area contributed by atoms with Gasteiger partial charge in [0.05, 0.1) is 24.1 Å². The summed E-state index contributed by atoms with van der Waals surface area (Å²) in [6.07, 6.45) is 1.69. The highest BCUT2D eigenvalue weighted by Gasteiger charge is 2.41. The summed E-state index contributed by atoms with van der Waals surface area (Å²) in [7, 11) is 1.60. The molecule has 2 aromatic heterocycles. The van der Waals surface area contributed by atoms with E-state index in [0.717, 1.165) is 33.2 Å². The van der Waals surface area contributed by atoms with Crippen molar-refractivity contribution in [3.05, 3.63) is 156 Å². The number of methoxy groups -OCH3 is 1. The third-order valence-corrected chi connectivity index (χ3v) is 7.51. The first-order chi connectivity index (χ1) is 20.6. The van der Waals surface area contributed by atoms with Gasteiger partial charge < -0.3 is 10.1 Å². The van der Waals surface area contributed by atoms with Gasteiger partial charge in [-0.25, -0.2) is 14.5 Å². The number of carbonyl (C=O) groups is 1. The molecule has 2 N–H and O–H groups in total. The van der Waals surface area contributed by atoms with Crippen LogP contribution in [-0.4, -0.2) is 27.9 Å². The fraction of sp³-hybridized carbons (Fsp3) is 0.114. The lowest BCUT2D eigenvalue weighted by Gasteiger charge is -2.36. The number of rotatable bonds is 8. The zero-order valence-corrected chi connectivity index (χ0v) is 23.4. The molecule has 1 atom stereocenters. The number of ether oxygens (including phenoxy) is 1. The van der Waals surface area contributed by atoms with Crippen molar-refractivity contribution in [2.45, 2.75) is 18.5 Å². The minimum Gasteiger partial charge on any atom is -0.479 e. The maximum Gasteiger partial charge on any atom is 0.320 e. The largest absolute Gasteiger partial charge is 0.479 e. The summed E-state index contributed by atoms with van der Waals surface area (Å²) in [6.45, 7) is 1.94. The van der Waals surface area contributed by atoms with Crippen molar-refractivity contribution in [3.63, 3.8) is 0 Å². The van der Waals surface area contributed by atoms with E-state index in [2.05, 4.69) is 52.0 Å². The Bertz CT molecular complexity index is 1690. The molecule has 4 aromatic carbocycles. The Morgan fingerprint density at radius 3 is 1.79 bits per heavy atom. The molecule has 6 aromatic rings. The van der Waals surface area contributed by atoms with Crippen LogP contribution in [0.1, 0.15) is 35.2 Å². The van der Waals surface area contributed by atoms with Crippen LogP contribution < -0.4 is 15.4 Å². The number of urea groups is 1. The molecule has 7 heteroatoms. The number of hydrogen-bond donors (Lipinski definition) is 2. The van der Waals surface area contributed by atoms with Crippen LogP contribution >= 0.6 is 0 Å². The molecule has 6 rings (SSSR count). The molecule has 208 valence electrons. The van der Waals surface area contributed by atoms with E-state index in [4.69, 9.17) is 9.84 Å². The molecule has 2 amide bonds. The first-order valence-electron chi connectivity index (χ1n) is 13.8. The van der Waals surface area contributed by atoms with Crippen LogP contribution in [0.25, 0.3) is 10.9 Å². The Morgan fingerprint density at radius 2 is 1.29 bits per heavy atom. The van der Waals surface area contributed by atoms with E-state index >= 15 is 0 Å². The Labute approximate surface area is 244 Å². The molecule has 1 unspecified atom stereocenters. The van der Waals surface area contributed by atoms with Gasteiger partial charge in [0, 0.05) is 12.3 Å². The van der Waals surface area contributed by atoms with Crippen LogP contribution in [0.4, 0.5) is 10.6 Å². The summed E-state index contributed by atoms with van der Waals surface area (Å²) in [6, 6.07) is 42.0. The molecule has 7 nitrogen and oxygen atoms in total. The van der Waals surface area contributed by atoms with Gasteiger partial charge in [0.25, 0.3) is 0 Å². The molecule has 0 aliphatic heterocycles. The van der Waals surface area contributed by atoms with Crippen molar-refractivity contribution in [2.24, 2.45) is 0 Å². The third-order valence-electron chi connectivity index (χ3n) is 7.51. The molecular formula is C35H31N5O2. The highest BCUT2D eigenvalue weighted by molar-refractivity contribution is 5.92. The summed E-state index contributed by atoms with van der Waals surface area (Å²) in [5.74, 6) is 0.838. The average Bonchev–Trinajstić information content (AvgIpc) is 3.41. The number of pyridine rings is 1. The van der Waals surface area contributed by atoms with Gasteiger partial charge in [0.15, 0.2) is 0 Å². The van der Waals surface area contributed by atoms with E-state index in [-0.39, 0.29) is 12.1 Å². The van der Waals surface area contributed by atoms with E-state index in [1.807, 2.05) is 103 Å². The minimum atomic E-state index is -0.860. The predicted molar refractivity (Wildman–Crippen MR) is 166 cm³/mol. The first-order valence-corrected chi connectivity index (χ1v) is 13.8. The van der Waals surface area contributed by atoms with Crippen LogP contribution in [-0.2, 0) is 5.54 Å². The van der Waals surface area contributed by atoms with Gasteiger partial charge in [0.2, 0.25) is 5.88 Å². The van der Waals surface area contributed by atoms with Gasteiger partial charge in [-0.3, -0.25) is 5.32 Å². The second-order valence-electron chi connectivity index (χ2n) is 10.0. The van der Waals surface area contributed by atoms with Crippen LogP contribution in [0.15, 0.2) is 134 Å². The number of carbonyl (C=O) groups excluding carboxylic acids is 1. The van der Waals surface area contributed by atoms with Crippen molar-refractivity contribution < 1.29 is 9.53 Å². The molecule has 0 spiro atoms. The SMILES string of the molecule is COc1nn(C(c2ccccc2)(c2ccccc2)c2ccccc2)c2cc(NC(=O)NC(C)c3ccccc3)ncc12. The van der Waals surface area contributed by atoms with Crippen molar-refractivity contribution in [3.8, 4) is 5.88 Å². The Morgan fingerprint density at radius 1 is 0.786 bits per heavy atom. The normalized spacial score (nSPS) is 12.0. The summed E-state index contributed by atoms with van der Waals surface area (Å²) >= 11 is 0. The topological polar surface area (TPSA) is 81.1 Å². The van der Waals surface area contributed by atoms with Crippen molar-refractivity contribution in [1.82, 2.24) is 20.1 Å². The number of amides is 2. The van der Waals surface area contributed by atoms with Gasteiger partial charge in [-0.15, -0.1) is 5.10 Å². The zero-order chi connectivity index (χ0) is 28.9. The number of hydrogen-bond acceptors (Lipinski definition) is 4. The van der Waals surface area contributed by atoms with E-state index < -0.39 is 5.54 Å². The lowest BCUT2D eigenvalue weighted by molar-refractivity contribution is 0.249. The lowest BCUT2D eigenvalue weighted by Crippen LogP contribution is -2.38. The molecule has 0 bridgehead atoms. The van der Waals surface area contributed by atoms with Gasteiger partial charge in [-0.2, -0.15) is 0 Å². The molecule has 0 fully saturated rings. The summed E-state index contributed by atoms with van der Waals surface area (Å²) in [5, 5.41) is 11.7. The fourth-order valence-corrected chi connectivity index (χ4v) is 5.54. The maximum absolute atomic E-state index is 13.0. The van der Waals surface area contributed by atoms with E-state index in [1.165, 1.54) is 0 Å². The number of nitrogens with one attached hydrogen (secondary N) is 2. The van der Waals surface area contributed by atoms with Crippen molar-refractivity contribution >= 4 is 22.8 Å². The third kappa shape index (κ3) is 4.86. The summed E-state index contributed by atoms with van der Waals surface area (Å²) < 4.78 is 7.75. The zero-order valence-electron chi connectivity index (χ0n) is 23.4. The Balaban J connectivity index is 1.52. The van der Waals surface area contributed by atoms with Gasteiger partial charge in [-0.05, 0) is 29.2 Å². The van der Waals surface area contributed by atoms with Crippen LogP contribution in [0, 0.1) is 0 Å². The maximum atomic E-state index is 13.0. The molecule has 0 aliphatic carbocycles. The quantitative estimate of drug-likeness (QED) is 0.196.